The van der Waals surface area contributed by atoms with Crippen molar-refractivity contribution in [2.24, 2.45) is 16.7 Å². The zero-order valence-electron chi connectivity index (χ0n) is 12.5. The van der Waals surface area contributed by atoms with Crippen LogP contribution in [0.4, 0.5) is 0 Å². The van der Waals surface area contributed by atoms with Crippen molar-refractivity contribution in [3.05, 3.63) is 0 Å². The molecule has 2 aliphatic carbocycles. The van der Waals surface area contributed by atoms with Gasteiger partial charge in [-0.1, -0.05) is 20.8 Å². The Labute approximate surface area is 118 Å². The van der Waals surface area contributed by atoms with Crippen LogP contribution >= 0.6 is 12.2 Å². The monoisotopic (exact) mass is 268 g/mol. The quantitative estimate of drug-likeness (QED) is 0.790. The summed E-state index contributed by atoms with van der Waals surface area (Å²) in [5, 5.41) is 4.62. The number of hydrogen-bond donors (Lipinski definition) is 1. The minimum atomic E-state index is 0.412. The molecule has 0 aromatic heterocycles. The van der Waals surface area contributed by atoms with Gasteiger partial charge in [0, 0.05) is 19.1 Å². The molecule has 0 aromatic rings. The van der Waals surface area contributed by atoms with Crippen molar-refractivity contribution in [1.82, 2.24) is 10.2 Å². The van der Waals surface area contributed by atoms with E-state index in [4.69, 9.17) is 12.2 Å². The second-order valence-electron chi connectivity index (χ2n) is 6.78. The summed E-state index contributed by atoms with van der Waals surface area (Å²) in [7, 11) is 0. The van der Waals surface area contributed by atoms with Crippen LogP contribution in [0.5, 0.6) is 0 Å². The van der Waals surface area contributed by atoms with E-state index in [0.717, 1.165) is 24.1 Å². The largest absolute Gasteiger partial charge is 0.359 e. The molecule has 1 N–H and O–H groups in total. The van der Waals surface area contributed by atoms with Crippen LogP contribution < -0.4 is 5.32 Å². The minimum Gasteiger partial charge on any atom is -0.359 e. The predicted molar refractivity (Wildman–Crippen MR) is 81.7 cm³/mol. The molecule has 2 saturated carbocycles. The van der Waals surface area contributed by atoms with Gasteiger partial charge in [0.05, 0.1) is 0 Å². The van der Waals surface area contributed by atoms with Crippen LogP contribution in [0.15, 0.2) is 0 Å². The fourth-order valence-electron chi connectivity index (χ4n) is 4.17. The normalized spacial score (nSPS) is 36.7. The van der Waals surface area contributed by atoms with Gasteiger partial charge in [-0.05, 0) is 62.1 Å². The molecule has 2 rings (SSSR count). The van der Waals surface area contributed by atoms with Crippen molar-refractivity contribution in [2.45, 2.75) is 59.9 Å². The third-order valence-corrected chi connectivity index (χ3v) is 6.52. The molecule has 104 valence electrons. The van der Waals surface area contributed by atoms with Crippen LogP contribution in [0, 0.1) is 16.7 Å². The lowest BCUT2D eigenvalue weighted by Crippen LogP contribution is -2.51. The molecule has 18 heavy (non-hydrogen) atoms. The summed E-state index contributed by atoms with van der Waals surface area (Å²) in [5.41, 5.74) is 0.873. The maximum absolute atomic E-state index is 5.57. The molecule has 3 heteroatoms. The summed E-state index contributed by atoms with van der Waals surface area (Å²) in [6, 6.07) is 0.569. The fraction of sp³-hybridized carbons (Fsp3) is 0.933. The summed E-state index contributed by atoms with van der Waals surface area (Å²) in [4.78, 5) is 2.25. The van der Waals surface area contributed by atoms with Gasteiger partial charge in [0.15, 0.2) is 5.11 Å². The average Bonchev–Trinajstić information content (AvgIpc) is 2.63. The third kappa shape index (κ3) is 1.86. The Morgan fingerprint density at radius 1 is 1.28 bits per heavy atom. The Kier molecular flexibility index (Phi) is 3.65. The molecule has 2 bridgehead atoms. The van der Waals surface area contributed by atoms with Gasteiger partial charge >= 0.3 is 0 Å². The average molecular weight is 268 g/mol. The van der Waals surface area contributed by atoms with E-state index >= 15 is 0 Å². The number of rotatable bonds is 3. The van der Waals surface area contributed by atoms with E-state index in [2.05, 4.69) is 44.8 Å². The van der Waals surface area contributed by atoms with Crippen molar-refractivity contribution in [3.8, 4) is 0 Å². The van der Waals surface area contributed by atoms with E-state index in [9.17, 15) is 0 Å². The Bertz CT molecular complexity index is 335. The first-order valence-corrected chi connectivity index (χ1v) is 7.83. The van der Waals surface area contributed by atoms with Gasteiger partial charge in [-0.25, -0.2) is 0 Å². The molecule has 0 saturated heterocycles. The van der Waals surface area contributed by atoms with Crippen LogP contribution in [0.25, 0.3) is 0 Å². The fourth-order valence-corrected chi connectivity index (χ4v) is 4.57. The zero-order valence-corrected chi connectivity index (χ0v) is 13.4. The lowest BCUT2D eigenvalue weighted by atomic mass is 9.69. The van der Waals surface area contributed by atoms with Crippen molar-refractivity contribution >= 4 is 17.3 Å². The Morgan fingerprint density at radius 3 is 2.28 bits per heavy atom. The van der Waals surface area contributed by atoms with Gasteiger partial charge in [-0.3, -0.25) is 0 Å². The van der Waals surface area contributed by atoms with Crippen LogP contribution in [0.2, 0.25) is 0 Å². The lowest BCUT2D eigenvalue weighted by molar-refractivity contribution is 0.128. The standard InChI is InChI=1S/C15H28N2S/c1-6-17(7-2)13(18)16-12-10-11-8-9-15(12,5)14(11,3)4/h11-12H,6-10H2,1-5H3,(H,16,18). The number of fused-ring (bicyclic) bond motifs is 2. The van der Waals surface area contributed by atoms with E-state index in [1.54, 1.807) is 0 Å². The summed E-state index contributed by atoms with van der Waals surface area (Å²) >= 11 is 5.57. The number of nitrogens with one attached hydrogen (secondary N) is 1. The molecule has 2 fully saturated rings. The van der Waals surface area contributed by atoms with Crippen molar-refractivity contribution < 1.29 is 0 Å². The van der Waals surface area contributed by atoms with E-state index < -0.39 is 0 Å². The minimum absolute atomic E-state index is 0.412. The Hall–Kier alpha value is -0.310. The third-order valence-electron chi connectivity index (χ3n) is 6.14. The van der Waals surface area contributed by atoms with Gasteiger partial charge in [-0.15, -0.1) is 0 Å². The molecule has 0 aromatic carbocycles. The molecule has 3 unspecified atom stereocenters. The molecule has 0 heterocycles. The SMILES string of the molecule is CCN(CC)C(=S)NC1CC2CCC1(C)C2(C)C. The first kappa shape index (κ1) is 14.1. The first-order chi connectivity index (χ1) is 8.36. The lowest BCUT2D eigenvalue weighted by Gasteiger charge is -2.40. The highest BCUT2D eigenvalue weighted by atomic mass is 32.1. The first-order valence-electron chi connectivity index (χ1n) is 7.42. The van der Waals surface area contributed by atoms with Crippen molar-refractivity contribution in [2.75, 3.05) is 13.1 Å². The van der Waals surface area contributed by atoms with Crippen LogP contribution in [-0.2, 0) is 0 Å². The molecule has 2 aliphatic rings. The van der Waals surface area contributed by atoms with E-state index in [1.807, 2.05) is 0 Å². The highest BCUT2D eigenvalue weighted by Gasteiger charge is 2.61. The molecular formula is C15H28N2S. The Balaban J connectivity index is 2.07. The molecule has 0 aliphatic heterocycles. The number of hydrogen-bond acceptors (Lipinski definition) is 1. The summed E-state index contributed by atoms with van der Waals surface area (Å²) in [6.07, 6.45) is 4.05. The second kappa shape index (κ2) is 4.66. The van der Waals surface area contributed by atoms with E-state index in [-0.39, 0.29) is 0 Å². The maximum atomic E-state index is 5.57. The van der Waals surface area contributed by atoms with E-state index in [0.29, 0.717) is 16.9 Å². The topological polar surface area (TPSA) is 15.3 Å². The van der Waals surface area contributed by atoms with E-state index in [1.165, 1.54) is 19.3 Å². The molecule has 0 spiro atoms. The highest BCUT2D eigenvalue weighted by Crippen LogP contribution is 2.65. The zero-order chi connectivity index (χ0) is 13.6. The number of nitrogens with zero attached hydrogens (tertiary/aromatic N) is 1. The summed E-state index contributed by atoms with van der Waals surface area (Å²) in [5.74, 6) is 0.875. The van der Waals surface area contributed by atoms with Crippen molar-refractivity contribution in [3.63, 3.8) is 0 Å². The van der Waals surface area contributed by atoms with Gasteiger partial charge in [-0.2, -0.15) is 0 Å². The van der Waals surface area contributed by atoms with Gasteiger partial charge in [0.2, 0.25) is 0 Å². The van der Waals surface area contributed by atoms with Crippen LogP contribution in [0.3, 0.4) is 0 Å². The molecule has 0 amide bonds. The highest BCUT2D eigenvalue weighted by molar-refractivity contribution is 7.80. The van der Waals surface area contributed by atoms with Crippen LogP contribution in [0.1, 0.15) is 53.9 Å². The summed E-state index contributed by atoms with van der Waals surface area (Å²) < 4.78 is 0. The van der Waals surface area contributed by atoms with Gasteiger partial charge in [0.25, 0.3) is 0 Å². The predicted octanol–water partition coefficient (Wildman–Crippen LogP) is 3.42. The molecular weight excluding hydrogens is 240 g/mol. The van der Waals surface area contributed by atoms with Gasteiger partial charge < -0.3 is 10.2 Å². The maximum Gasteiger partial charge on any atom is 0.169 e. The van der Waals surface area contributed by atoms with Crippen LogP contribution in [-0.4, -0.2) is 29.1 Å². The molecule has 2 nitrogen and oxygen atoms in total. The smallest absolute Gasteiger partial charge is 0.169 e. The van der Waals surface area contributed by atoms with Gasteiger partial charge in [0.1, 0.15) is 0 Å². The van der Waals surface area contributed by atoms with Crippen molar-refractivity contribution in [1.29, 1.82) is 0 Å². The molecule has 0 radical (unpaired) electrons. The summed E-state index contributed by atoms with van der Waals surface area (Å²) in [6.45, 7) is 13.7. The Morgan fingerprint density at radius 2 is 1.89 bits per heavy atom. The number of thiocarbonyl (C=S) groups is 1. The second-order valence-corrected chi connectivity index (χ2v) is 7.17. The molecule has 3 atom stereocenters.